The quantitative estimate of drug-likeness (QED) is 0.861. The lowest BCUT2D eigenvalue weighted by Crippen LogP contribution is -2.41. The average Bonchev–Trinajstić information content (AvgIpc) is 3.02. The van der Waals surface area contributed by atoms with Gasteiger partial charge in [0.2, 0.25) is 5.91 Å². The van der Waals surface area contributed by atoms with E-state index < -0.39 is 0 Å². The molecular formula is C17H20N2O2S. The first-order valence-corrected chi connectivity index (χ1v) is 8.56. The SMILES string of the molecule is O=C(CCc1ccsc1)N[C@@H](c1ccccn1)C1CC(O)C1. The Labute approximate surface area is 134 Å². The number of aryl methyl sites for hydroxylation is 1. The molecule has 1 aliphatic carbocycles. The lowest BCUT2D eigenvalue weighted by atomic mass is 9.76. The summed E-state index contributed by atoms with van der Waals surface area (Å²) >= 11 is 1.65. The van der Waals surface area contributed by atoms with Gasteiger partial charge in [-0.3, -0.25) is 9.78 Å². The molecule has 0 unspecified atom stereocenters. The molecule has 2 heterocycles. The van der Waals surface area contributed by atoms with Crippen LogP contribution in [-0.4, -0.2) is 22.1 Å². The van der Waals surface area contributed by atoms with Gasteiger partial charge in [0.1, 0.15) is 0 Å². The summed E-state index contributed by atoms with van der Waals surface area (Å²) in [5.74, 6) is 0.318. The molecule has 1 aliphatic rings. The Bertz CT molecular complexity index is 594. The average molecular weight is 316 g/mol. The summed E-state index contributed by atoms with van der Waals surface area (Å²) < 4.78 is 0. The lowest BCUT2D eigenvalue weighted by Gasteiger charge is -2.37. The van der Waals surface area contributed by atoms with Crippen LogP contribution in [0.1, 0.15) is 36.6 Å². The van der Waals surface area contributed by atoms with Crippen LogP contribution in [0.3, 0.4) is 0 Å². The summed E-state index contributed by atoms with van der Waals surface area (Å²) in [4.78, 5) is 16.6. The van der Waals surface area contributed by atoms with Gasteiger partial charge >= 0.3 is 0 Å². The fourth-order valence-corrected chi connectivity index (χ4v) is 3.54. The fraction of sp³-hybridized carbons (Fsp3) is 0.412. The molecule has 2 N–H and O–H groups in total. The summed E-state index contributed by atoms with van der Waals surface area (Å²) in [5.41, 5.74) is 2.08. The summed E-state index contributed by atoms with van der Waals surface area (Å²) in [6.45, 7) is 0. The largest absolute Gasteiger partial charge is 0.393 e. The van der Waals surface area contributed by atoms with Gasteiger partial charge in [-0.25, -0.2) is 0 Å². The minimum Gasteiger partial charge on any atom is -0.393 e. The number of aromatic nitrogens is 1. The molecule has 4 nitrogen and oxygen atoms in total. The summed E-state index contributed by atoms with van der Waals surface area (Å²) in [5, 5.41) is 16.8. The van der Waals surface area contributed by atoms with Gasteiger partial charge in [0.05, 0.1) is 17.8 Å². The second-order valence-electron chi connectivity index (χ2n) is 5.82. The van der Waals surface area contributed by atoms with Crippen molar-refractivity contribution in [2.75, 3.05) is 0 Å². The monoisotopic (exact) mass is 316 g/mol. The minimum atomic E-state index is -0.237. The van der Waals surface area contributed by atoms with Gasteiger partial charge in [0, 0.05) is 12.6 Å². The van der Waals surface area contributed by atoms with Crippen molar-refractivity contribution in [2.24, 2.45) is 5.92 Å². The number of hydrogen-bond acceptors (Lipinski definition) is 4. The van der Waals surface area contributed by atoms with Crippen molar-refractivity contribution >= 4 is 17.2 Å². The van der Waals surface area contributed by atoms with Crippen LogP contribution in [0.4, 0.5) is 0 Å². The van der Waals surface area contributed by atoms with E-state index in [-0.39, 0.29) is 24.0 Å². The van der Waals surface area contributed by atoms with E-state index in [9.17, 15) is 9.90 Å². The van der Waals surface area contributed by atoms with E-state index in [1.165, 1.54) is 5.56 Å². The Morgan fingerprint density at radius 1 is 1.41 bits per heavy atom. The predicted molar refractivity (Wildman–Crippen MR) is 86.5 cm³/mol. The number of aliphatic hydroxyl groups is 1. The van der Waals surface area contributed by atoms with Crippen LogP contribution in [-0.2, 0) is 11.2 Å². The number of rotatable bonds is 6. The molecule has 116 valence electrons. The minimum absolute atomic E-state index is 0.0447. The molecule has 2 aromatic heterocycles. The van der Waals surface area contributed by atoms with E-state index in [0.29, 0.717) is 6.42 Å². The van der Waals surface area contributed by atoms with E-state index in [2.05, 4.69) is 21.7 Å². The highest BCUT2D eigenvalue weighted by Gasteiger charge is 2.36. The zero-order valence-corrected chi connectivity index (χ0v) is 13.1. The van der Waals surface area contributed by atoms with Gasteiger partial charge in [-0.15, -0.1) is 0 Å². The molecule has 1 saturated carbocycles. The highest BCUT2D eigenvalue weighted by atomic mass is 32.1. The van der Waals surface area contributed by atoms with E-state index in [0.717, 1.165) is 25.0 Å². The Kier molecular flexibility index (Phi) is 4.85. The van der Waals surface area contributed by atoms with E-state index in [4.69, 9.17) is 0 Å². The maximum atomic E-state index is 12.2. The van der Waals surface area contributed by atoms with Crippen molar-refractivity contribution in [1.29, 1.82) is 0 Å². The normalized spacial score (nSPS) is 21.9. The highest BCUT2D eigenvalue weighted by molar-refractivity contribution is 7.07. The molecule has 1 atom stereocenters. The zero-order valence-electron chi connectivity index (χ0n) is 12.3. The van der Waals surface area contributed by atoms with Gasteiger partial charge in [-0.05, 0) is 59.7 Å². The molecule has 0 saturated heterocycles. The molecule has 0 aliphatic heterocycles. The first-order valence-electron chi connectivity index (χ1n) is 7.62. The Balaban J connectivity index is 1.61. The molecule has 22 heavy (non-hydrogen) atoms. The van der Waals surface area contributed by atoms with Crippen LogP contribution in [0.5, 0.6) is 0 Å². The third kappa shape index (κ3) is 3.72. The second kappa shape index (κ2) is 7.03. The van der Waals surface area contributed by atoms with Crippen molar-refractivity contribution in [1.82, 2.24) is 10.3 Å². The van der Waals surface area contributed by atoms with E-state index in [1.807, 2.05) is 23.6 Å². The summed E-state index contributed by atoms with van der Waals surface area (Å²) in [6, 6.07) is 7.70. The van der Waals surface area contributed by atoms with Crippen molar-refractivity contribution in [3.05, 3.63) is 52.5 Å². The molecule has 3 rings (SSSR count). The number of amides is 1. The van der Waals surface area contributed by atoms with Crippen molar-refractivity contribution < 1.29 is 9.90 Å². The summed E-state index contributed by atoms with van der Waals surface area (Å²) in [7, 11) is 0. The number of thiophene rings is 1. The summed E-state index contributed by atoms with van der Waals surface area (Å²) in [6.07, 6.45) is 4.21. The van der Waals surface area contributed by atoms with Crippen LogP contribution >= 0.6 is 11.3 Å². The van der Waals surface area contributed by atoms with Gasteiger partial charge in [-0.2, -0.15) is 11.3 Å². The molecule has 0 aromatic carbocycles. The zero-order chi connectivity index (χ0) is 15.4. The molecule has 0 spiro atoms. The number of nitrogens with one attached hydrogen (secondary N) is 1. The van der Waals surface area contributed by atoms with E-state index >= 15 is 0 Å². The van der Waals surface area contributed by atoms with Gasteiger partial charge in [0.15, 0.2) is 0 Å². The number of hydrogen-bond donors (Lipinski definition) is 2. The van der Waals surface area contributed by atoms with Crippen LogP contribution < -0.4 is 5.32 Å². The second-order valence-corrected chi connectivity index (χ2v) is 6.60. The topological polar surface area (TPSA) is 62.2 Å². The van der Waals surface area contributed by atoms with Crippen LogP contribution in [0.15, 0.2) is 41.2 Å². The van der Waals surface area contributed by atoms with Crippen molar-refractivity contribution in [2.45, 2.75) is 37.8 Å². The van der Waals surface area contributed by atoms with Crippen molar-refractivity contribution in [3.8, 4) is 0 Å². The number of aliphatic hydroxyl groups excluding tert-OH is 1. The number of carbonyl (C=O) groups is 1. The maximum absolute atomic E-state index is 12.2. The third-order valence-electron chi connectivity index (χ3n) is 4.16. The van der Waals surface area contributed by atoms with Crippen LogP contribution in [0.25, 0.3) is 0 Å². The van der Waals surface area contributed by atoms with Gasteiger partial charge < -0.3 is 10.4 Å². The smallest absolute Gasteiger partial charge is 0.220 e. The fourth-order valence-electron chi connectivity index (χ4n) is 2.83. The number of pyridine rings is 1. The van der Waals surface area contributed by atoms with E-state index in [1.54, 1.807) is 17.5 Å². The van der Waals surface area contributed by atoms with Crippen molar-refractivity contribution in [3.63, 3.8) is 0 Å². The Morgan fingerprint density at radius 3 is 2.91 bits per heavy atom. The standard InChI is InChI=1S/C17H20N2O2S/c20-14-9-13(10-14)17(15-3-1-2-7-18-15)19-16(21)5-4-12-6-8-22-11-12/h1-3,6-8,11,13-14,17,20H,4-5,9-10H2,(H,19,21)/t13?,14?,17-/m1/s1. The Morgan fingerprint density at radius 2 is 2.27 bits per heavy atom. The predicted octanol–water partition coefficient (Wildman–Crippen LogP) is 2.70. The van der Waals surface area contributed by atoms with Crippen LogP contribution in [0.2, 0.25) is 0 Å². The van der Waals surface area contributed by atoms with Gasteiger partial charge in [0.25, 0.3) is 0 Å². The molecule has 1 amide bonds. The van der Waals surface area contributed by atoms with Crippen LogP contribution in [0, 0.1) is 5.92 Å². The molecule has 0 radical (unpaired) electrons. The molecule has 1 fully saturated rings. The number of carbonyl (C=O) groups excluding carboxylic acids is 1. The van der Waals surface area contributed by atoms with Gasteiger partial charge in [-0.1, -0.05) is 6.07 Å². The molecule has 5 heteroatoms. The first-order chi connectivity index (χ1) is 10.7. The Hall–Kier alpha value is -1.72. The molecular weight excluding hydrogens is 296 g/mol. The number of nitrogens with zero attached hydrogens (tertiary/aromatic N) is 1. The third-order valence-corrected chi connectivity index (χ3v) is 4.90. The molecule has 0 bridgehead atoms. The first kappa shape index (κ1) is 15.2. The molecule has 2 aromatic rings. The highest BCUT2D eigenvalue weighted by Crippen LogP contribution is 2.37. The lowest BCUT2D eigenvalue weighted by molar-refractivity contribution is -0.123. The maximum Gasteiger partial charge on any atom is 0.220 e.